The zero-order valence-corrected chi connectivity index (χ0v) is 78.4. The van der Waals surface area contributed by atoms with Crippen LogP contribution in [0.5, 0.6) is 0 Å². The Morgan fingerprint density at radius 2 is 0.622 bits per heavy atom. The van der Waals surface area contributed by atoms with E-state index in [1.54, 1.807) is 6.92 Å². The molecule has 32 heteroatoms. The number of halogens is 10. The molecule has 0 radical (unpaired) electrons. The molecule has 22 rings (SSSR count). The van der Waals surface area contributed by atoms with Crippen molar-refractivity contribution in [1.29, 1.82) is 0 Å². The smallest absolute Gasteiger partial charge is 0.225 e. The second-order valence-corrected chi connectivity index (χ2v) is 43.5. The zero-order chi connectivity index (χ0) is 94.3. The monoisotopic (exact) mass is 1890 g/mol. The fourth-order valence-electron chi connectivity index (χ4n) is 26.6. The van der Waals surface area contributed by atoms with Gasteiger partial charge >= 0.3 is 0 Å². The van der Waals surface area contributed by atoms with E-state index >= 15 is 0 Å². The Morgan fingerprint density at radius 3 is 0.911 bits per heavy atom. The summed E-state index contributed by atoms with van der Waals surface area (Å²) < 4.78 is 167. The molecule has 10 saturated heterocycles. The highest BCUT2D eigenvalue weighted by Crippen LogP contribution is 2.48. The van der Waals surface area contributed by atoms with E-state index in [1.165, 1.54) is 114 Å². The van der Waals surface area contributed by atoms with Crippen molar-refractivity contribution in [1.82, 2.24) is 51.1 Å². The number of hydrogen-bond donors (Lipinski definition) is 10. The Kier molecular flexibility index (Phi) is 31.9. The minimum atomic E-state index is -0.620. The van der Waals surface area contributed by atoms with E-state index in [1.807, 2.05) is 4.90 Å². The number of benzene rings is 5. The normalized spacial score (nSPS) is 37.7. The van der Waals surface area contributed by atoms with Gasteiger partial charge in [0.25, 0.3) is 0 Å². The molecule has 7 aliphatic carbocycles. The van der Waals surface area contributed by atoms with Gasteiger partial charge in [0.15, 0.2) is 0 Å². The largest absolute Gasteiger partial charge is 0.370 e. The summed E-state index contributed by atoms with van der Waals surface area (Å²) in [5.74, 6) is 4.22. The van der Waals surface area contributed by atoms with Crippen molar-refractivity contribution in [3.05, 3.63) is 177 Å². The maximum absolute atomic E-state index is 14.1. The highest BCUT2D eigenvalue weighted by atomic mass is 19.2. The number of nitrogens with zero attached hydrogens (tertiary/aromatic N) is 5. The van der Waals surface area contributed by atoms with Gasteiger partial charge in [-0.3, -0.25) is 14.5 Å². The molecule has 17 aliphatic rings. The summed E-state index contributed by atoms with van der Waals surface area (Å²) in [6, 6.07) is 18.9. The van der Waals surface area contributed by atoms with Gasteiger partial charge in [0.1, 0.15) is 88.7 Å². The lowest BCUT2D eigenvalue weighted by Gasteiger charge is -2.39. The molecular weight excluding hydrogens is 1750 g/mol. The maximum atomic E-state index is 14.1. The first-order valence-corrected chi connectivity index (χ1v) is 50.5. The summed E-state index contributed by atoms with van der Waals surface area (Å²) in [5, 5.41) is 18.3. The maximum Gasteiger partial charge on any atom is 0.225 e. The number of rotatable bonds is 19. The van der Waals surface area contributed by atoms with Crippen LogP contribution in [0.1, 0.15) is 194 Å². The van der Waals surface area contributed by atoms with Crippen LogP contribution in [0.25, 0.3) is 0 Å². The van der Waals surface area contributed by atoms with Gasteiger partial charge in [0.05, 0.1) is 33.0 Å². The van der Waals surface area contributed by atoms with E-state index in [0.717, 1.165) is 199 Å². The molecule has 17 fully saturated rings. The lowest BCUT2D eigenvalue weighted by Crippen LogP contribution is -2.50. The fourth-order valence-corrected chi connectivity index (χ4v) is 26.6. The van der Waals surface area contributed by atoms with Crippen molar-refractivity contribution in [2.75, 3.05) is 119 Å². The predicted octanol–water partition coefficient (Wildman–Crippen LogP) is 11.7. The number of carbonyl (C=O) groups excluding carboxylic acids is 2. The van der Waals surface area contributed by atoms with E-state index < -0.39 is 88.7 Å². The number of likely N-dealkylation sites (tertiary alicyclic amines) is 5. The Labute approximate surface area is 788 Å². The highest BCUT2D eigenvalue weighted by molar-refractivity contribution is 5.81. The van der Waals surface area contributed by atoms with Gasteiger partial charge in [-0.2, -0.15) is 0 Å². The van der Waals surface area contributed by atoms with Gasteiger partial charge < -0.3 is 98.5 Å². The van der Waals surface area contributed by atoms with E-state index in [4.69, 9.17) is 52.4 Å². The molecule has 742 valence electrons. The van der Waals surface area contributed by atoms with Crippen LogP contribution in [-0.2, 0) is 33.3 Å². The number of nitrogens with two attached hydrogens (primary N) is 5. The van der Waals surface area contributed by atoms with Crippen molar-refractivity contribution in [3.63, 3.8) is 0 Å². The molecule has 0 bridgehead atoms. The van der Waals surface area contributed by atoms with E-state index in [2.05, 4.69) is 60.2 Å². The first-order chi connectivity index (χ1) is 65.0. The van der Waals surface area contributed by atoms with Crippen LogP contribution < -0.4 is 55.3 Å². The average molecular weight is 1890 g/mol. The highest BCUT2D eigenvalue weighted by Gasteiger charge is 2.51. The minimum absolute atomic E-state index is 0.112. The van der Waals surface area contributed by atoms with Gasteiger partial charge in [-0.25, -0.2) is 43.9 Å². The fraction of sp³-hybridized carbons (Fsp3) is 0.689. The summed E-state index contributed by atoms with van der Waals surface area (Å²) >= 11 is 0. The van der Waals surface area contributed by atoms with Gasteiger partial charge in [-0.1, -0.05) is 6.92 Å². The van der Waals surface area contributed by atoms with Crippen LogP contribution in [-0.4, -0.2) is 246 Å². The second-order valence-electron chi connectivity index (χ2n) is 43.5. The molecule has 135 heavy (non-hydrogen) atoms. The van der Waals surface area contributed by atoms with Crippen molar-refractivity contribution < 1.29 is 77.2 Å². The van der Waals surface area contributed by atoms with Gasteiger partial charge in [-0.15, -0.1) is 0 Å². The minimum Gasteiger partial charge on any atom is -0.370 e. The molecule has 2 amide bonds. The summed E-state index contributed by atoms with van der Waals surface area (Å²) in [6.45, 7) is 19.2. The molecule has 15 N–H and O–H groups in total. The molecule has 10 unspecified atom stereocenters. The van der Waals surface area contributed by atoms with Crippen LogP contribution in [0.4, 0.5) is 43.9 Å². The van der Waals surface area contributed by atoms with Crippen molar-refractivity contribution in [3.8, 4) is 0 Å². The standard InChI is InChI=1S/C22H29F2N3O2.C22H31F2N3O.C20H27F2N3O2.C20H29F2N3O.C19H27F2N3O/c23-15-3-4-19(24)18(7-15)21-20(25)8-17(11-29-21)26-16-5-13-9-27(10-14(13)6-16)22(28)12-1-2-12;23-16-3-4-20(24)19(7-16)22-21(25)8-18(12-28-22)26-17-5-14-10-27(9-13-1-2-13)11-15(14)6-17;1-11(26)25-8-12-4-15(5-13(12)9-25)24-16-7-19(23)20(27-10-16)17-6-14(21)2-3-18(17)22;1-2-24-15-5-12-9-25(10-13(12)6-15)16-8-19(23)20(26-11-16)17-7-14(21)3-4-18(17)22;1-24-8-11-4-14(5-12(11)9-24)23-15-7-18(22)19(25-10-15)16-6-13(20)2-3-17(16)21/h3-4,7,12-14,16-17,20-21,26H,1-2,5-6,8-11,25H2;3-4,7,13-15,17-18,21-22,26H,1-2,5-6,8-12,25H2;2-3,6,12-13,15-16,19-20,24H,4-5,7-10,23H2,1H3;3-4,7,12-13,15-16,19-20,24H,2,5-6,8-11,23H2,1H3;2-3,6,11-12,14-15,18-19,23H,4-5,7-10,22H2,1H3/t13?,14?,16?,17-,20+,21-;14?,15?,17?,18-,21+,22-;2*12?,13?,15?,16-,19+,20-;11?,12?,14?,15-,18+,19-/m11111/s1. The van der Waals surface area contributed by atoms with Crippen LogP contribution in [0.3, 0.4) is 0 Å². The Morgan fingerprint density at radius 1 is 0.341 bits per heavy atom. The lowest BCUT2D eigenvalue weighted by molar-refractivity contribution is -0.132. The topological polar surface area (TPSA) is 287 Å². The molecule has 7 saturated carbocycles. The third-order valence-corrected chi connectivity index (χ3v) is 33.2. The van der Waals surface area contributed by atoms with Crippen LogP contribution in [0.15, 0.2) is 91.0 Å². The van der Waals surface area contributed by atoms with Crippen molar-refractivity contribution in [2.45, 2.75) is 257 Å². The number of fused-ring (bicyclic) bond motifs is 5. The molecule has 22 nitrogen and oxygen atoms in total. The van der Waals surface area contributed by atoms with Crippen molar-refractivity contribution in [2.24, 2.45) is 99.7 Å². The molecule has 0 aromatic heterocycles. The number of carbonyl (C=O) groups is 2. The third-order valence-electron chi connectivity index (χ3n) is 33.2. The molecule has 5 aromatic rings. The summed E-state index contributed by atoms with van der Waals surface area (Å²) in [6.07, 6.45) is 17.2. The number of hydrogen-bond acceptors (Lipinski definition) is 20. The zero-order valence-electron chi connectivity index (χ0n) is 78.4. The van der Waals surface area contributed by atoms with E-state index in [9.17, 15) is 53.5 Å². The Balaban J connectivity index is 0.000000113. The van der Waals surface area contributed by atoms with Gasteiger partial charge in [-0.05, 0) is 292 Å². The van der Waals surface area contributed by atoms with E-state index in [-0.39, 0.29) is 94.1 Å². The Bertz CT molecular complexity index is 4780. The molecule has 5 aromatic carbocycles. The number of amides is 2. The summed E-state index contributed by atoms with van der Waals surface area (Å²) in [5.41, 5.74) is 32.5. The quantitative estimate of drug-likeness (QED) is 0.0344. The van der Waals surface area contributed by atoms with Crippen LogP contribution >= 0.6 is 0 Å². The third kappa shape index (κ3) is 24.2. The second kappa shape index (κ2) is 43.6. The SMILES string of the molecule is CC(=O)N1CC2CC(N[C@H]3CO[C@H](c4cc(F)ccc4F)[C@@H](N)C3)CC2C1.CCNC1CC2CN([C@H]3CO[C@H](c4cc(F)ccc4F)[C@@H](N)C3)CC2C1.CN1CC2CC(N[C@H]3CO[C@H](c4cc(F)ccc4F)[C@@H](N)C3)CC2C1.N[C@H]1C[C@@H](NC2CC3CN(C(=O)C4CC4)CC3C2)CO[C@@H]1c1cc(F)ccc1F.N[C@H]1C[C@@H](NC2CC3CN(CC4CC4)CC3C2)CO[C@@H]1c1cc(F)ccc1F. The predicted molar refractivity (Wildman–Crippen MR) is 493 cm³/mol. The summed E-state index contributed by atoms with van der Waals surface area (Å²) in [4.78, 5) is 35.5. The van der Waals surface area contributed by atoms with E-state index in [0.29, 0.717) is 118 Å². The first kappa shape index (κ1) is 98.8. The first-order valence-electron chi connectivity index (χ1n) is 50.5. The molecule has 10 aliphatic heterocycles. The van der Waals surface area contributed by atoms with Crippen LogP contribution in [0.2, 0.25) is 0 Å². The van der Waals surface area contributed by atoms with Crippen molar-refractivity contribution >= 4 is 11.8 Å². The molecule has 0 spiro atoms. The number of ether oxygens (including phenoxy) is 5. The van der Waals surface area contributed by atoms with Gasteiger partial charge in [0, 0.05) is 203 Å². The number of nitrogens with one attached hydrogen (secondary N) is 5. The molecular formula is C103H143F10N15O7. The average Bonchev–Trinajstić information content (AvgIpc) is 1.59. The molecule has 10 heterocycles. The summed E-state index contributed by atoms with van der Waals surface area (Å²) in [7, 11) is 2.19. The lowest BCUT2D eigenvalue weighted by atomic mass is 9.93. The molecule has 25 atom stereocenters. The van der Waals surface area contributed by atoms with Crippen LogP contribution in [0, 0.1) is 129 Å². The van der Waals surface area contributed by atoms with Gasteiger partial charge in [0.2, 0.25) is 11.8 Å². The Hall–Kier alpha value is -6.38.